The summed E-state index contributed by atoms with van der Waals surface area (Å²) >= 11 is 0. The molecule has 0 aliphatic carbocycles. The Morgan fingerprint density at radius 3 is 2.47 bits per heavy atom. The Morgan fingerprint density at radius 2 is 1.80 bits per heavy atom. The summed E-state index contributed by atoms with van der Waals surface area (Å²) < 4.78 is 7.50. The van der Waals surface area contributed by atoms with Crippen LogP contribution in [0.2, 0.25) is 0 Å². The lowest BCUT2D eigenvalue weighted by Crippen LogP contribution is -2.21. The normalized spacial score (nSPS) is 10.9. The summed E-state index contributed by atoms with van der Waals surface area (Å²) in [4.78, 5) is 25.1. The van der Waals surface area contributed by atoms with Crippen LogP contribution in [0, 0.1) is 13.8 Å². The van der Waals surface area contributed by atoms with Crippen molar-refractivity contribution in [3.8, 4) is 17.1 Å². The van der Waals surface area contributed by atoms with Crippen molar-refractivity contribution in [2.24, 2.45) is 7.05 Å². The second kappa shape index (κ2) is 7.82. The van der Waals surface area contributed by atoms with Gasteiger partial charge in [-0.05, 0) is 49.2 Å². The van der Waals surface area contributed by atoms with Crippen LogP contribution >= 0.6 is 0 Å². The fourth-order valence-electron chi connectivity index (χ4n) is 3.31. The maximum Gasteiger partial charge on any atom is 0.262 e. The molecule has 0 unspecified atom stereocenters. The standard InChI is InChI=1S/C22H22N6O2/c1-13-5-4-6-14(2)18(13)26-17(29)11-30-16-9-7-15(8-10-16)21-27-19-20(23)24-12-25-22(19)28(21)3/h4-10,12H,11H2,1-3H3,(H,26,29)(H2,23,24,25). The zero-order valence-electron chi connectivity index (χ0n) is 17.0. The quantitative estimate of drug-likeness (QED) is 0.531. The summed E-state index contributed by atoms with van der Waals surface area (Å²) in [6.07, 6.45) is 1.42. The number of fused-ring (bicyclic) bond motifs is 1. The molecule has 4 rings (SSSR count). The highest BCUT2D eigenvalue weighted by Crippen LogP contribution is 2.26. The molecule has 0 aliphatic heterocycles. The van der Waals surface area contributed by atoms with Gasteiger partial charge in [0.1, 0.15) is 17.9 Å². The smallest absolute Gasteiger partial charge is 0.262 e. The van der Waals surface area contributed by atoms with Crippen LogP contribution < -0.4 is 15.8 Å². The number of carbonyl (C=O) groups excluding carboxylic acids is 1. The molecule has 0 fully saturated rings. The summed E-state index contributed by atoms with van der Waals surface area (Å²) in [6, 6.07) is 13.2. The van der Waals surface area contributed by atoms with Gasteiger partial charge in [-0.3, -0.25) is 4.79 Å². The molecule has 8 heteroatoms. The summed E-state index contributed by atoms with van der Waals surface area (Å²) in [5.41, 5.74) is 10.9. The molecule has 4 aromatic rings. The van der Waals surface area contributed by atoms with Crippen molar-refractivity contribution >= 4 is 28.6 Å². The Labute approximate surface area is 173 Å². The average molecular weight is 402 g/mol. The number of ether oxygens (including phenoxy) is 1. The van der Waals surface area contributed by atoms with E-state index in [4.69, 9.17) is 10.5 Å². The fourth-order valence-corrected chi connectivity index (χ4v) is 3.31. The minimum absolute atomic E-state index is 0.0778. The third-order valence-corrected chi connectivity index (χ3v) is 4.91. The molecule has 0 radical (unpaired) electrons. The zero-order chi connectivity index (χ0) is 21.3. The molecule has 2 heterocycles. The van der Waals surface area contributed by atoms with Gasteiger partial charge in [-0.15, -0.1) is 0 Å². The molecular weight excluding hydrogens is 380 g/mol. The number of nitrogens with one attached hydrogen (secondary N) is 1. The first-order chi connectivity index (χ1) is 14.4. The minimum Gasteiger partial charge on any atom is -0.484 e. The van der Waals surface area contributed by atoms with Crippen LogP contribution in [0.5, 0.6) is 5.75 Å². The first-order valence-electron chi connectivity index (χ1n) is 9.46. The van der Waals surface area contributed by atoms with Gasteiger partial charge < -0.3 is 20.4 Å². The third kappa shape index (κ3) is 3.67. The van der Waals surface area contributed by atoms with Gasteiger partial charge in [0.2, 0.25) is 0 Å². The summed E-state index contributed by atoms with van der Waals surface area (Å²) in [5.74, 6) is 1.45. The molecule has 0 spiro atoms. The fraction of sp³-hybridized carbons (Fsp3) is 0.182. The molecular formula is C22H22N6O2. The highest BCUT2D eigenvalue weighted by molar-refractivity contribution is 5.93. The molecule has 0 aliphatic rings. The van der Waals surface area contributed by atoms with E-state index in [2.05, 4.69) is 20.3 Å². The lowest BCUT2D eigenvalue weighted by molar-refractivity contribution is -0.118. The summed E-state index contributed by atoms with van der Waals surface area (Å²) in [7, 11) is 1.87. The Kier molecular flexibility index (Phi) is 5.05. The number of aromatic nitrogens is 4. The largest absolute Gasteiger partial charge is 0.484 e. The summed E-state index contributed by atoms with van der Waals surface area (Å²) in [5, 5.41) is 2.91. The number of para-hydroxylation sites is 1. The van der Waals surface area contributed by atoms with Crippen molar-refractivity contribution in [3.63, 3.8) is 0 Å². The lowest BCUT2D eigenvalue weighted by atomic mass is 10.1. The van der Waals surface area contributed by atoms with Crippen LogP contribution in [-0.4, -0.2) is 32.0 Å². The van der Waals surface area contributed by atoms with Gasteiger partial charge in [0.25, 0.3) is 5.91 Å². The van der Waals surface area contributed by atoms with E-state index in [-0.39, 0.29) is 12.5 Å². The van der Waals surface area contributed by atoms with E-state index < -0.39 is 0 Å². The third-order valence-electron chi connectivity index (χ3n) is 4.91. The first kappa shape index (κ1) is 19.4. The number of carbonyl (C=O) groups is 1. The lowest BCUT2D eigenvalue weighted by Gasteiger charge is -2.12. The Morgan fingerprint density at radius 1 is 1.10 bits per heavy atom. The van der Waals surface area contributed by atoms with E-state index in [1.54, 1.807) is 12.1 Å². The van der Waals surface area contributed by atoms with Gasteiger partial charge in [0.15, 0.2) is 23.6 Å². The van der Waals surface area contributed by atoms with Crippen LogP contribution in [-0.2, 0) is 11.8 Å². The number of anilines is 2. The second-order valence-corrected chi connectivity index (χ2v) is 7.05. The molecule has 1 amide bonds. The number of nitrogens with zero attached hydrogens (tertiary/aromatic N) is 4. The van der Waals surface area contributed by atoms with Gasteiger partial charge >= 0.3 is 0 Å². The van der Waals surface area contributed by atoms with E-state index in [1.165, 1.54) is 6.33 Å². The second-order valence-electron chi connectivity index (χ2n) is 7.05. The molecule has 152 valence electrons. The van der Waals surface area contributed by atoms with E-state index in [1.807, 2.05) is 55.8 Å². The highest BCUT2D eigenvalue weighted by Gasteiger charge is 2.14. The monoisotopic (exact) mass is 402 g/mol. The van der Waals surface area contributed by atoms with Crippen molar-refractivity contribution in [3.05, 3.63) is 59.9 Å². The van der Waals surface area contributed by atoms with Gasteiger partial charge in [-0.2, -0.15) is 0 Å². The number of hydrogen-bond donors (Lipinski definition) is 2. The minimum atomic E-state index is -0.208. The summed E-state index contributed by atoms with van der Waals surface area (Å²) in [6.45, 7) is 3.84. The number of hydrogen-bond acceptors (Lipinski definition) is 6. The van der Waals surface area contributed by atoms with Crippen LogP contribution in [0.4, 0.5) is 11.5 Å². The molecule has 30 heavy (non-hydrogen) atoms. The van der Waals surface area contributed by atoms with Crippen molar-refractivity contribution in [2.75, 3.05) is 17.7 Å². The van der Waals surface area contributed by atoms with Crippen LogP contribution in [0.25, 0.3) is 22.6 Å². The van der Waals surface area contributed by atoms with E-state index in [0.29, 0.717) is 22.7 Å². The van der Waals surface area contributed by atoms with Gasteiger partial charge in [0.05, 0.1) is 0 Å². The molecule has 2 aromatic heterocycles. The maximum absolute atomic E-state index is 12.3. The van der Waals surface area contributed by atoms with Crippen molar-refractivity contribution in [2.45, 2.75) is 13.8 Å². The average Bonchev–Trinajstić information content (AvgIpc) is 3.08. The number of imidazole rings is 1. The van der Waals surface area contributed by atoms with Crippen molar-refractivity contribution in [1.29, 1.82) is 0 Å². The SMILES string of the molecule is Cc1cccc(C)c1NC(=O)COc1ccc(-c2nc3c(N)ncnc3n2C)cc1. The van der Waals surface area contributed by atoms with Gasteiger partial charge in [0, 0.05) is 18.3 Å². The predicted octanol–water partition coefficient (Wildman–Crippen LogP) is 3.25. The predicted molar refractivity (Wildman–Crippen MR) is 116 cm³/mol. The van der Waals surface area contributed by atoms with Crippen LogP contribution in [0.3, 0.4) is 0 Å². The van der Waals surface area contributed by atoms with Crippen LogP contribution in [0.1, 0.15) is 11.1 Å². The first-order valence-corrected chi connectivity index (χ1v) is 9.46. The topological polar surface area (TPSA) is 108 Å². The molecule has 3 N–H and O–H groups in total. The Bertz CT molecular complexity index is 1210. The number of nitrogen functional groups attached to an aromatic ring is 1. The molecule has 0 atom stereocenters. The van der Waals surface area contributed by atoms with E-state index in [0.717, 1.165) is 28.2 Å². The van der Waals surface area contributed by atoms with Gasteiger partial charge in [-0.25, -0.2) is 15.0 Å². The molecule has 8 nitrogen and oxygen atoms in total. The number of amides is 1. The Hall–Kier alpha value is -3.94. The number of aryl methyl sites for hydroxylation is 3. The van der Waals surface area contributed by atoms with E-state index >= 15 is 0 Å². The van der Waals surface area contributed by atoms with E-state index in [9.17, 15) is 4.79 Å². The number of benzene rings is 2. The maximum atomic E-state index is 12.3. The zero-order valence-corrected chi connectivity index (χ0v) is 17.0. The highest BCUT2D eigenvalue weighted by atomic mass is 16.5. The van der Waals surface area contributed by atoms with Crippen molar-refractivity contribution < 1.29 is 9.53 Å². The Balaban J connectivity index is 1.45. The number of rotatable bonds is 5. The van der Waals surface area contributed by atoms with Crippen molar-refractivity contribution in [1.82, 2.24) is 19.5 Å². The molecule has 0 bridgehead atoms. The van der Waals surface area contributed by atoms with Crippen LogP contribution in [0.15, 0.2) is 48.8 Å². The molecule has 2 aromatic carbocycles. The molecule has 0 saturated carbocycles. The molecule has 0 saturated heterocycles. The number of nitrogens with two attached hydrogens (primary N) is 1. The van der Waals surface area contributed by atoms with Gasteiger partial charge in [-0.1, -0.05) is 18.2 Å².